The van der Waals surface area contributed by atoms with Crippen molar-refractivity contribution in [2.24, 2.45) is 5.73 Å². The Kier molecular flexibility index (Phi) is 4.81. The minimum absolute atomic E-state index is 0.0230. The summed E-state index contributed by atoms with van der Waals surface area (Å²) in [6.07, 6.45) is 2.45. The van der Waals surface area contributed by atoms with E-state index < -0.39 is 5.60 Å². The van der Waals surface area contributed by atoms with E-state index in [4.69, 9.17) is 10.5 Å². The number of aryl methyl sites for hydroxylation is 1. The number of benzene rings is 1. The average Bonchev–Trinajstić information content (AvgIpc) is 2.38. The predicted octanol–water partition coefficient (Wildman–Crippen LogP) is 4.31. The number of ether oxygens (including phenoxy) is 1. The van der Waals surface area contributed by atoms with E-state index >= 15 is 0 Å². The second-order valence-electron chi connectivity index (χ2n) is 7.20. The second-order valence-corrected chi connectivity index (χ2v) is 7.20. The van der Waals surface area contributed by atoms with Crippen LogP contribution in [0.2, 0.25) is 0 Å². The molecular formula is C18H28N2O2. The van der Waals surface area contributed by atoms with Crippen molar-refractivity contribution in [1.82, 2.24) is 0 Å². The number of hydrogen-bond donors (Lipinski definition) is 1. The summed E-state index contributed by atoms with van der Waals surface area (Å²) in [6, 6.07) is 6.18. The van der Waals surface area contributed by atoms with Crippen LogP contribution in [0.15, 0.2) is 18.2 Å². The van der Waals surface area contributed by atoms with E-state index in [2.05, 4.69) is 13.0 Å². The Labute approximate surface area is 133 Å². The highest BCUT2D eigenvalue weighted by atomic mass is 16.6. The third-order valence-corrected chi connectivity index (χ3v) is 3.95. The molecule has 1 heterocycles. The molecule has 1 aliphatic rings. The van der Waals surface area contributed by atoms with E-state index in [1.165, 1.54) is 0 Å². The van der Waals surface area contributed by atoms with Crippen molar-refractivity contribution in [3.63, 3.8) is 0 Å². The number of anilines is 1. The molecule has 0 aliphatic carbocycles. The molecule has 2 atom stereocenters. The SMILES string of the molecule is CCC[C@H]1C[C@@H](N)c2cc(C)ccc2N1C(=O)OC(C)(C)C. The van der Waals surface area contributed by atoms with Crippen LogP contribution in [0.1, 0.15) is 64.1 Å². The van der Waals surface area contributed by atoms with Crippen LogP contribution in [0, 0.1) is 6.92 Å². The van der Waals surface area contributed by atoms with Crippen LogP contribution in [0.5, 0.6) is 0 Å². The fraction of sp³-hybridized carbons (Fsp3) is 0.611. The van der Waals surface area contributed by atoms with Gasteiger partial charge in [0.25, 0.3) is 0 Å². The van der Waals surface area contributed by atoms with Crippen molar-refractivity contribution in [1.29, 1.82) is 0 Å². The number of carbonyl (C=O) groups is 1. The quantitative estimate of drug-likeness (QED) is 0.885. The fourth-order valence-corrected chi connectivity index (χ4v) is 3.05. The van der Waals surface area contributed by atoms with Crippen LogP contribution in [-0.4, -0.2) is 17.7 Å². The van der Waals surface area contributed by atoms with E-state index in [0.29, 0.717) is 0 Å². The largest absolute Gasteiger partial charge is 0.443 e. The monoisotopic (exact) mass is 304 g/mol. The highest BCUT2D eigenvalue weighted by Crippen LogP contribution is 2.38. The minimum atomic E-state index is -0.502. The number of nitrogens with two attached hydrogens (primary N) is 1. The maximum Gasteiger partial charge on any atom is 0.415 e. The summed E-state index contributed by atoms with van der Waals surface area (Å²) in [5.41, 5.74) is 8.94. The van der Waals surface area contributed by atoms with Gasteiger partial charge in [0, 0.05) is 12.1 Å². The number of carbonyl (C=O) groups excluding carboxylic acids is 1. The van der Waals surface area contributed by atoms with E-state index in [1.54, 1.807) is 0 Å². The van der Waals surface area contributed by atoms with Gasteiger partial charge in [-0.2, -0.15) is 0 Å². The summed E-state index contributed by atoms with van der Waals surface area (Å²) in [5, 5.41) is 0. The van der Waals surface area contributed by atoms with Crippen molar-refractivity contribution in [2.75, 3.05) is 4.90 Å². The fourth-order valence-electron chi connectivity index (χ4n) is 3.05. The Morgan fingerprint density at radius 3 is 2.68 bits per heavy atom. The Morgan fingerprint density at radius 1 is 1.41 bits per heavy atom. The highest BCUT2D eigenvalue weighted by molar-refractivity contribution is 5.90. The summed E-state index contributed by atoms with van der Waals surface area (Å²) in [7, 11) is 0. The van der Waals surface area contributed by atoms with Gasteiger partial charge in [0.05, 0.1) is 5.69 Å². The molecule has 0 bridgehead atoms. The molecule has 22 heavy (non-hydrogen) atoms. The highest BCUT2D eigenvalue weighted by Gasteiger charge is 2.36. The lowest BCUT2D eigenvalue weighted by Crippen LogP contribution is -2.48. The van der Waals surface area contributed by atoms with Gasteiger partial charge >= 0.3 is 6.09 Å². The van der Waals surface area contributed by atoms with Gasteiger partial charge in [-0.05, 0) is 52.2 Å². The second kappa shape index (κ2) is 6.29. The molecule has 0 spiro atoms. The molecule has 1 amide bonds. The van der Waals surface area contributed by atoms with Crippen molar-refractivity contribution < 1.29 is 9.53 Å². The molecule has 122 valence electrons. The normalized spacial score (nSPS) is 21.5. The molecule has 2 rings (SSSR count). The van der Waals surface area contributed by atoms with Gasteiger partial charge in [-0.25, -0.2) is 4.79 Å². The molecule has 1 aromatic carbocycles. The van der Waals surface area contributed by atoms with E-state index in [9.17, 15) is 4.79 Å². The zero-order chi connectivity index (χ0) is 16.5. The molecule has 4 heteroatoms. The Bertz CT molecular complexity index is 549. The summed E-state index contributed by atoms with van der Waals surface area (Å²) in [6.45, 7) is 9.86. The van der Waals surface area contributed by atoms with Gasteiger partial charge in [-0.3, -0.25) is 4.90 Å². The van der Waals surface area contributed by atoms with Gasteiger partial charge < -0.3 is 10.5 Å². The van der Waals surface area contributed by atoms with Crippen LogP contribution in [-0.2, 0) is 4.74 Å². The zero-order valence-corrected chi connectivity index (χ0v) is 14.3. The third kappa shape index (κ3) is 3.61. The lowest BCUT2D eigenvalue weighted by Gasteiger charge is -2.40. The van der Waals surface area contributed by atoms with Gasteiger partial charge in [0.1, 0.15) is 5.60 Å². The summed E-state index contributed by atoms with van der Waals surface area (Å²) < 4.78 is 5.62. The van der Waals surface area contributed by atoms with Crippen molar-refractivity contribution >= 4 is 11.8 Å². The summed E-state index contributed by atoms with van der Waals surface area (Å²) in [5.74, 6) is 0. The number of hydrogen-bond acceptors (Lipinski definition) is 3. The van der Waals surface area contributed by atoms with E-state index in [-0.39, 0.29) is 18.2 Å². The van der Waals surface area contributed by atoms with Crippen molar-refractivity contribution in [3.8, 4) is 0 Å². The van der Waals surface area contributed by atoms with Crippen LogP contribution >= 0.6 is 0 Å². The first-order valence-corrected chi connectivity index (χ1v) is 8.11. The first kappa shape index (κ1) is 16.8. The van der Waals surface area contributed by atoms with Crippen LogP contribution in [0.3, 0.4) is 0 Å². The van der Waals surface area contributed by atoms with Crippen LogP contribution in [0.4, 0.5) is 10.5 Å². The predicted molar refractivity (Wildman–Crippen MR) is 90.1 cm³/mol. The number of nitrogens with zero attached hydrogens (tertiary/aromatic N) is 1. The summed E-state index contributed by atoms with van der Waals surface area (Å²) in [4.78, 5) is 14.5. The molecular weight excluding hydrogens is 276 g/mol. The topological polar surface area (TPSA) is 55.6 Å². The maximum atomic E-state index is 12.7. The zero-order valence-electron chi connectivity index (χ0n) is 14.3. The molecule has 0 unspecified atom stereocenters. The Morgan fingerprint density at radius 2 is 2.09 bits per heavy atom. The molecule has 0 radical (unpaired) electrons. The molecule has 2 N–H and O–H groups in total. The van der Waals surface area contributed by atoms with Gasteiger partial charge in [-0.1, -0.05) is 31.0 Å². The molecule has 0 saturated carbocycles. The number of fused-ring (bicyclic) bond motifs is 1. The van der Waals surface area contributed by atoms with E-state index in [1.807, 2.05) is 44.7 Å². The van der Waals surface area contributed by atoms with Crippen molar-refractivity contribution in [2.45, 2.75) is 71.6 Å². The first-order valence-electron chi connectivity index (χ1n) is 8.11. The maximum absolute atomic E-state index is 12.7. The average molecular weight is 304 g/mol. The van der Waals surface area contributed by atoms with E-state index in [0.717, 1.165) is 36.1 Å². The molecule has 0 aromatic heterocycles. The van der Waals surface area contributed by atoms with Gasteiger partial charge in [0.15, 0.2) is 0 Å². The molecule has 1 aliphatic heterocycles. The number of rotatable bonds is 2. The Balaban J connectivity index is 2.42. The standard InChI is InChI=1S/C18H28N2O2/c1-6-7-13-11-15(19)14-10-12(2)8-9-16(14)20(13)17(21)22-18(3,4)5/h8-10,13,15H,6-7,11,19H2,1-5H3/t13-,15+/m0/s1. The van der Waals surface area contributed by atoms with Crippen LogP contribution in [0.25, 0.3) is 0 Å². The minimum Gasteiger partial charge on any atom is -0.443 e. The molecule has 1 aromatic rings. The summed E-state index contributed by atoms with van der Waals surface area (Å²) >= 11 is 0. The smallest absolute Gasteiger partial charge is 0.415 e. The van der Waals surface area contributed by atoms with Gasteiger partial charge in [0.2, 0.25) is 0 Å². The molecule has 0 saturated heterocycles. The Hall–Kier alpha value is -1.55. The molecule has 4 nitrogen and oxygen atoms in total. The third-order valence-electron chi connectivity index (χ3n) is 3.95. The van der Waals surface area contributed by atoms with Crippen LogP contribution < -0.4 is 10.6 Å². The van der Waals surface area contributed by atoms with Crippen molar-refractivity contribution in [3.05, 3.63) is 29.3 Å². The lowest BCUT2D eigenvalue weighted by atomic mass is 9.89. The number of amides is 1. The van der Waals surface area contributed by atoms with Gasteiger partial charge in [-0.15, -0.1) is 0 Å². The first-order chi connectivity index (χ1) is 10.2. The molecule has 0 fully saturated rings. The lowest BCUT2D eigenvalue weighted by molar-refractivity contribution is 0.0556.